The Morgan fingerprint density at radius 3 is 2.55 bits per heavy atom. The van der Waals surface area contributed by atoms with Gasteiger partial charge in [-0.25, -0.2) is 4.39 Å². The number of furan rings is 1. The van der Waals surface area contributed by atoms with Crippen molar-refractivity contribution < 1.29 is 13.6 Å². The van der Waals surface area contributed by atoms with Crippen molar-refractivity contribution >= 4 is 22.8 Å². The van der Waals surface area contributed by atoms with E-state index in [1.54, 1.807) is 24.3 Å². The van der Waals surface area contributed by atoms with Crippen LogP contribution in [0.25, 0.3) is 17.0 Å². The summed E-state index contributed by atoms with van der Waals surface area (Å²) < 4.78 is 18.2. The quantitative estimate of drug-likeness (QED) is 0.517. The molecule has 20 heavy (non-hydrogen) atoms. The molecule has 1 heterocycles. The van der Waals surface area contributed by atoms with Gasteiger partial charge in [-0.3, -0.25) is 4.79 Å². The molecular weight excluding hydrogens is 255 g/mol. The van der Waals surface area contributed by atoms with Gasteiger partial charge in [0.05, 0.1) is 0 Å². The number of halogens is 1. The topological polar surface area (TPSA) is 30.2 Å². The minimum atomic E-state index is -0.300. The number of carbonyl (C=O) groups is 1. The van der Waals surface area contributed by atoms with Crippen LogP contribution in [0.15, 0.2) is 65.1 Å². The molecule has 3 aromatic rings. The molecule has 0 unspecified atom stereocenters. The molecule has 0 saturated heterocycles. The average Bonchev–Trinajstić information content (AvgIpc) is 2.90. The van der Waals surface area contributed by atoms with Crippen molar-refractivity contribution in [2.75, 3.05) is 0 Å². The summed E-state index contributed by atoms with van der Waals surface area (Å²) in [4.78, 5) is 12.0. The fourth-order valence-corrected chi connectivity index (χ4v) is 1.93. The molecule has 0 aliphatic rings. The molecule has 2 nitrogen and oxygen atoms in total. The lowest BCUT2D eigenvalue weighted by Crippen LogP contribution is -1.90. The summed E-state index contributed by atoms with van der Waals surface area (Å²) in [5.41, 5.74) is 1.45. The average molecular weight is 266 g/mol. The first-order valence-electron chi connectivity index (χ1n) is 6.19. The van der Waals surface area contributed by atoms with Crippen LogP contribution in [0.5, 0.6) is 0 Å². The molecule has 0 N–H and O–H groups in total. The Balaban J connectivity index is 1.83. The van der Waals surface area contributed by atoms with Crippen LogP contribution in [0.2, 0.25) is 0 Å². The van der Waals surface area contributed by atoms with E-state index in [-0.39, 0.29) is 11.6 Å². The van der Waals surface area contributed by atoms with Gasteiger partial charge in [-0.1, -0.05) is 36.4 Å². The number of hydrogen-bond acceptors (Lipinski definition) is 2. The maximum Gasteiger partial charge on any atom is 0.221 e. The molecule has 1 aromatic heterocycles. The largest absolute Gasteiger partial charge is 0.453 e. The lowest BCUT2D eigenvalue weighted by Gasteiger charge is -1.92. The zero-order chi connectivity index (χ0) is 13.9. The standard InChI is InChI=1S/C17H11FO2/c18-14-8-5-12(6-9-14)7-10-15(19)17-11-13-3-1-2-4-16(13)20-17/h1-11H. The maximum absolute atomic E-state index is 12.8. The number of rotatable bonds is 3. The zero-order valence-corrected chi connectivity index (χ0v) is 10.5. The molecule has 0 aliphatic heterocycles. The van der Waals surface area contributed by atoms with E-state index in [2.05, 4.69) is 0 Å². The van der Waals surface area contributed by atoms with Gasteiger partial charge >= 0.3 is 0 Å². The normalized spacial score (nSPS) is 11.2. The Kier molecular flexibility index (Phi) is 3.17. The molecular formula is C17H11FO2. The smallest absolute Gasteiger partial charge is 0.221 e. The molecule has 0 aliphatic carbocycles. The first-order valence-corrected chi connectivity index (χ1v) is 6.19. The molecule has 0 saturated carbocycles. The van der Waals surface area contributed by atoms with Crippen LogP contribution in [-0.4, -0.2) is 5.78 Å². The van der Waals surface area contributed by atoms with E-state index >= 15 is 0 Å². The van der Waals surface area contributed by atoms with Crippen molar-refractivity contribution in [3.8, 4) is 0 Å². The van der Waals surface area contributed by atoms with E-state index in [1.807, 2.05) is 24.3 Å². The molecule has 3 rings (SSSR count). The summed E-state index contributed by atoms with van der Waals surface area (Å²) in [5.74, 6) is -0.221. The van der Waals surface area contributed by atoms with Crippen LogP contribution >= 0.6 is 0 Å². The van der Waals surface area contributed by atoms with Gasteiger partial charge in [-0.05, 0) is 35.9 Å². The van der Waals surface area contributed by atoms with Gasteiger partial charge in [0, 0.05) is 5.39 Å². The zero-order valence-electron chi connectivity index (χ0n) is 10.5. The van der Waals surface area contributed by atoms with Gasteiger partial charge in [0.1, 0.15) is 11.4 Å². The molecule has 0 spiro atoms. The number of carbonyl (C=O) groups excluding carboxylic acids is 1. The first kappa shape index (κ1) is 12.4. The van der Waals surface area contributed by atoms with E-state index in [1.165, 1.54) is 18.2 Å². The van der Waals surface area contributed by atoms with Crippen LogP contribution in [0.3, 0.4) is 0 Å². The number of fused-ring (bicyclic) bond motifs is 1. The molecule has 3 heteroatoms. The highest BCUT2D eigenvalue weighted by atomic mass is 19.1. The summed E-state index contributed by atoms with van der Waals surface area (Å²) in [7, 11) is 0. The Morgan fingerprint density at radius 1 is 1.05 bits per heavy atom. The summed E-state index contributed by atoms with van der Waals surface area (Å²) in [6, 6.07) is 15.1. The Hall–Kier alpha value is -2.68. The molecule has 98 valence electrons. The second-order valence-corrected chi connectivity index (χ2v) is 4.40. The van der Waals surface area contributed by atoms with E-state index in [0.717, 1.165) is 10.9 Å². The van der Waals surface area contributed by atoms with E-state index in [9.17, 15) is 9.18 Å². The van der Waals surface area contributed by atoms with Crippen molar-refractivity contribution in [2.45, 2.75) is 0 Å². The van der Waals surface area contributed by atoms with Crippen LogP contribution in [-0.2, 0) is 0 Å². The summed E-state index contributed by atoms with van der Waals surface area (Å²) in [6.07, 6.45) is 3.06. The minimum Gasteiger partial charge on any atom is -0.453 e. The number of ketones is 1. The van der Waals surface area contributed by atoms with Crippen molar-refractivity contribution in [2.24, 2.45) is 0 Å². The minimum absolute atomic E-state index is 0.217. The van der Waals surface area contributed by atoms with Crippen LogP contribution < -0.4 is 0 Å². The van der Waals surface area contributed by atoms with Gasteiger partial charge < -0.3 is 4.42 Å². The SMILES string of the molecule is O=C(C=Cc1ccc(F)cc1)c1cc2ccccc2o1. The first-order chi connectivity index (χ1) is 9.72. The third-order valence-electron chi connectivity index (χ3n) is 2.97. The van der Waals surface area contributed by atoms with E-state index < -0.39 is 0 Å². The maximum atomic E-state index is 12.8. The monoisotopic (exact) mass is 266 g/mol. The third kappa shape index (κ3) is 2.52. The van der Waals surface area contributed by atoms with Crippen LogP contribution in [0.4, 0.5) is 4.39 Å². The fraction of sp³-hybridized carbons (Fsp3) is 0. The summed E-state index contributed by atoms with van der Waals surface area (Å²) in [6.45, 7) is 0. The number of allylic oxidation sites excluding steroid dienone is 1. The van der Waals surface area contributed by atoms with Gasteiger partial charge in [0.15, 0.2) is 5.76 Å². The van der Waals surface area contributed by atoms with E-state index in [0.29, 0.717) is 11.3 Å². The Bertz CT molecular complexity index is 749. The summed E-state index contributed by atoms with van der Waals surface area (Å²) >= 11 is 0. The van der Waals surface area contributed by atoms with Gasteiger partial charge in [0.2, 0.25) is 5.78 Å². The fourth-order valence-electron chi connectivity index (χ4n) is 1.93. The lowest BCUT2D eigenvalue weighted by atomic mass is 10.1. The van der Waals surface area contributed by atoms with Crippen molar-refractivity contribution in [1.82, 2.24) is 0 Å². The highest BCUT2D eigenvalue weighted by molar-refractivity contribution is 6.06. The molecule has 2 aromatic carbocycles. The predicted molar refractivity (Wildman–Crippen MR) is 76.0 cm³/mol. The molecule has 0 fully saturated rings. The number of hydrogen-bond donors (Lipinski definition) is 0. The second kappa shape index (κ2) is 5.13. The lowest BCUT2D eigenvalue weighted by molar-refractivity contribution is 0.102. The third-order valence-corrected chi connectivity index (χ3v) is 2.97. The van der Waals surface area contributed by atoms with Crippen molar-refractivity contribution in [3.63, 3.8) is 0 Å². The van der Waals surface area contributed by atoms with Gasteiger partial charge in [-0.2, -0.15) is 0 Å². The predicted octanol–water partition coefficient (Wildman–Crippen LogP) is 4.47. The van der Waals surface area contributed by atoms with Gasteiger partial charge in [-0.15, -0.1) is 0 Å². The van der Waals surface area contributed by atoms with Crippen LogP contribution in [0.1, 0.15) is 16.1 Å². The van der Waals surface area contributed by atoms with Crippen molar-refractivity contribution in [1.29, 1.82) is 0 Å². The highest BCUT2D eigenvalue weighted by Crippen LogP contribution is 2.19. The molecule has 0 radical (unpaired) electrons. The van der Waals surface area contributed by atoms with Crippen molar-refractivity contribution in [3.05, 3.63) is 77.8 Å². The molecule has 0 bridgehead atoms. The number of benzene rings is 2. The van der Waals surface area contributed by atoms with E-state index in [4.69, 9.17) is 4.42 Å². The highest BCUT2D eigenvalue weighted by Gasteiger charge is 2.08. The Labute approximate surface area is 115 Å². The Morgan fingerprint density at radius 2 is 1.80 bits per heavy atom. The molecule has 0 amide bonds. The van der Waals surface area contributed by atoms with Crippen LogP contribution in [0, 0.1) is 5.82 Å². The summed E-state index contributed by atoms with van der Waals surface area (Å²) in [5, 5.41) is 0.894. The molecule has 0 atom stereocenters. The number of para-hydroxylation sites is 1. The van der Waals surface area contributed by atoms with Gasteiger partial charge in [0.25, 0.3) is 0 Å². The second-order valence-electron chi connectivity index (χ2n) is 4.40.